The summed E-state index contributed by atoms with van der Waals surface area (Å²) in [6.07, 6.45) is 2.68. The van der Waals surface area contributed by atoms with Crippen LogP contribution in [0.25, 0.3) is 0 Å². The summed E-state index contributed by atoms with van der Waals surface area (Å²) in [7, 11) is 0. The molecule has 1 atom stereocenters. The summed E-state index contributed by atoms with van der Waals surface area (Å²) >= 11 is 0. The summed E-state index contributed by atoms with van der Waals surface area (Å²) in [6.45, 7) is 2.18. The lowest BCUT2D eigenvalue weighted by molar-refractivity contribution is 0.104. The van der Waals surface area contributed by atoms with Crippen molar-refractivity contribution in [3.63, 3.8) is 0 Å². The van der Waals surface area contributed by atoms with Gasteiger partial charge >= 0.3 is 0 Å². The summed E-state index contributed by atoms with van der Waals surface area (Å²) in [6, 6.07) is 10.5. The van der Waals surface area contributed by atoms with Gasteiger partial charge in [-0.3, -0.25) is 9.78 Å². The first kappa shape index (κ1) is 14.2. The molecule has 0 bridgehead atoms. The molecule has 0 aliphatic carbocycles. The smallest absolute Gasteiger partial charge is 0.150 e. The number of aromatic nitrogens is 1. The zero-order chi connectivity index (χ0) is 14.4. The molecule has 2 aromatic rings. The van der Waals surface area contributed by atoms with Gasteiger partial charge < -0.3 is 9.84 Å². The van der Waals surface area contributed by atoms with E-state index in [1.807, 2.05) is 12.1 Å². The van der Waals surface area contributed by atoms with Crippen molar-refractivity contribution in [1.29, 1.82) is 0 Å². The minimum absolute atomic E-state index is 0.124. The molecule has 0 saturated carbocycles. The largest absolute Gasteiger partial charge is 0.490 e. The molecule has 0 radical (unpaired) electrons. The number of carbonyl (C=O) groups is 1. The number of aliphatic hydroxyl groups is 1. The molecule has 1 heterocycles. The maximum absolute atomic E-state index is 10.5. The molecule has 0 aliphatic heterocycles. The van der Waals surface area contributed by atoms with Crippen LogP contribution in [0.2, 0.25) is 0 Å². The normalized spacial score (nSPS) is 11.9. The van der Waals surface area contributed by atoms with Crippen molar-refractivity contribution >= 4 is 6.29 Å². The van der Waals surface area contributed by atoms with Crippen molar-refractivity contribution in [1.82, 2.24) is 4.98 Å². The number of aldehydes is 1. The molecule has 1 N–H and O–H groups in total. The van der Waals surface area contributed by atoms with E-state index in [2.05, 4.69) is 11.9 Å². The van der Waals surface area contributed by atoms with E-state index in [-0.39, 0.29) is 6.61 Å². The minimum atomic E-state index is -0.772. The number of ether oxygens (including phenoxy) is 1. The van der Waals surface area contributed by atoms with E-state index in [0.717, 1.165) is 18.3 Å². The number of rotatable bonds is 6. The van der Waals surface area contributed by atoms with Crippen LogP contribution >= 0.6 is 0 Å². The second-order valence-corrected chi connectivity index (χ2v) is 4.46. The Bertz CT molecular complexity index is 549. The van der Waals surface area contributed by atoms with Gasteiger partial charge in [0.05, 0.1) is 5.69 Å². The number of aliphatic hydroxyl groups excluding tert-OH is 1. The zero-order valence-corrected chi connectivity index (χ0v) is 11.3. The van der Waals surface area contributed by atoms with Crippen LogP contribution in [-0.2, 0) is 6.42 Å². The Morgan fingerprint density at radius 2 is 2.00 bits per heavy atom. The quantitative estimate of drug-likeness (QED) is 0.820. The fourth-order valence-corrected chi connectivity index (χ4v) is 1.75. The van der Waals surface area contributed by atoms with Gasteiger partial charge in [-0.15, -0.1) is 0 Å². The Hall–Kier alpha value is -2.20. The highest BCUT2D eigenvalue weighted by atomic mass is 16.5. The fourth-order valence-electron chi connectivity index (χ4n) is 1.75. The molecule has 0 aliphatic rings. The lowest BCUT2D eigenvalue weighted by Gasteiger charge is -2.12. The summed E-state index contributed by atoms with van der Waals surface area (Å²) < 4.78 is 5.47. The van der Waals surface area contributed by atoms with Crippen LogP contribution in [0.4, 0.5) is 0 Å². The summed E-state index contributed by atoms with van der Waals surface area (Å²) in [4.78, 5) is 14.7. The Morgan fingerprint density at radius 3 is 2.55 bits per heavy atom. The van der Waals surface area contributed by atoms with E-state index in [1.165, 1.54) is 0 Å². The number of benzene rings is 1. The van der Waals surface area contributed by atoms with Crippen LogP contribution < -0.4 is 4.74 Å². The van der Waals surface area contributed by atoms with E-state index in [0.29, 0.717) is 17.0 Å². The highest BCUT2D eigenvalue weighted by Crippen LogP contribution is 2.16. The van der Waals surface area contributed by atoms with Gasteiger partial charge in [0.15, 0.2) is 0 Å². The summed E-state index contributed by atoms with van der Waals surface area (Å²) in [5.74, 6) is 0.611. The monoisotopic (exact) mass is 271 g/mol. The Morgan fingerprint density at radius 1 is 1.25 bits per heavy atom. The van der Waals surface area contributed by atoms with Crippen LogP contribution in [-0.4, -0.2) is 23.0 Å². The molecule has 4 heteroatoms. The van der Waals surface area contributed by atoms with Gasteiger partial charge in [0.2, 0.25) is 0 Å². The molecular weight excluding hydrogens is 254 g/mol. The first-order valence-electron chi connectivity index (χ1n) is 6.54. The average Bonchev–Trinajstić information content (AvgIpc) is 2.53. The van der Waals surface area contributed by atoms with Gasteiger partial charge in [-0.05, 0) is 42.3 Å². The van der Waals surface area contributed by atoms with Gasteiger partial charge in [-0.25, -0.2) is 0 Å². The van der Waals surface area contributed by atoms with Gasteiger partial charge in [0.25, 0.3) is 0 Å². The maximum Gasteiger partial charge on any atom is 0.150 e. The second kappa shape index (κ2) is 6.82. The van der Waals surface area contributed by atoms with Crippen molar-refractivity contribution in [3.8, 4) is 5.75 Å². The van der Waals surface area contributed by atoms with Crippen LogP contribution in [0.3, 0.4) is 0 Å². The highest BCUT2D eigenvalue weighted by Gasteiger charge is 2.10. The van der Waals surface area contributed by atoms with E-state index in [9.17, 15) is 9.90 Å². The van der Waals surface area contributed by atoms with E-state index >= 15 is 0 Å². The van der Waals surface area contributed by atoms with Gasteiger partial charge in [0, 0.05) is 11.8 Å². The van der Waals surface area contributed by atoms with Crippen LogP contribution in [0.15, 0.2) is 42.6 Å². The van der Waals surface area contributed by atoms with E-state index in [1.54, 1.807) is 30.5 Å². The molecule has 4 nitrogen and oxygen atoms in total. The average molecular weight is 271 g/mol. The van der Waals surface area contributed by atoms with Crippen LogP contribution in [0.5, 0.6) is 5.75 Å². The third-order valence-corrected chi connectivity index (χ3v) is 3.02. The van der Waals surface area contributed by atoms with Crippen molar-refractivity contribution < 1.29 is 14.6 Å². The number of pyridine rings is 1. The van der Waals surface area contributed by atoms with Crippen molar-refractivity contribution in [2.75, 3.05) is 6.61 Å². The molecule has 0 unspecified atom stereocenters. The Labute approximate surface area is 118 Å². The topological polar surface area (TPSA) is 59.4 Å². The third-order valence-electron chi connectivity index (χ3n) is 3.02. The number of aryl methyl sites for hydroxylation is 1. The second-order valence-electron chi connectivity index (χ2n) is 4.46. The number of carbonyl (C=O) groups excluding carboxylic acids is 1. The molecule has 2 rings (SSSR count). The molecule has 0 fully saturated rings. The molecule has 0 saturated heterocycles. The predicted octanol–water partition coefficient (Wildman–Crippen LogP) is 2.57. The highest BCUT2D eigenvalue weighted by molar-refractivity contribution is 5.74. The lowest BCUT2D eigenvalue weighted by atomic mass is 10.2. The molecule has 0 spiro atoms. The fraction of sp³-hybridized carbons (Fsp3) is 0.250. The van der Waals surface area contributed by atoms with Gasteiger partial charge in [-0.2, -0.15) is 0 Å². The molecule has 1 aromatic heterocycles. The third kappa shape index (κ3) is 3.65. The maximum atomic E-state index is 10.5. The SMILES string of the molecule is CCc1ccc([C@@H](O)COc2ccc(C=O)cc2)nc1. The molecular formula is C16H17NO3. The summed E-state index contributed by atoms with van der Waals surface area (Å²) in [5, 5.41) is 10.0. The van der Waals surface area contributed by atoms with Gasteiger partial charge in [0.1, 0.15) is 24.7 Å². The van der Waals surface area contributed by atoms with Crippen molar-refractivity contribution in [2.45, 2.75) is 19.4 Å². The van der Waals surface area contributed by atoms with E-state index in [4.69, 9.17) is 4.74 Å². The van der Waals surface area contributed by atoms with Crippen LogP contribution in [0.1, 0.15) is 34.6 Å². The summed E-state index contributed by atoms with van der Waals surface area (Å²) in [5.41, 5.74) is 2.31. The zero-order valence-electron chi connectivity index (χ0n) is 11.3. The predicted molar refractivity (Wildman–Crippen MR) is 75.9 cm³/mol. The molecule has 104 valence electrons. The molecule has 20 heavy (non-hydrogen) atoms. The number of hydrogen-bond acceptors (Lipinski definition) is 4. The number of hydrogen-bond donors (Lipinski definition) is 1. The standard InChI is InChI=1S/C16H17NO3/c1-2-12-5-8-15(17-9-12)16(19)11-20-14-6-3-13(10-18)4-7-14/h3-10,16,19H,2,11H2,1H3/t16-/m0/s1. The van der Waals surface area contributed by atoms with Gasteiger partial charge in [-0.1, -0.05) is 13.0 Å². The first-order valence-corrected chi connectivity index (χ1v) is 6.54. The number of nitrogens with zero attached hydrogens (tertiary/aromatic N) is 1. The van der Waals surface area contributed by atoms with Crippen molar-refractivity contribution in [3.05, 3.63) is 59.4 Å². The lowest BCUT2D eigenvalue weighted by Crippen LogP contribution is -2.11. The Kier molecular flexibility index (Phi) is 4.85. The Balaban J connectivity index is 1.93. The van der Waals surface area contributed by atoms with Crippen molar-refractivity contribution in [2.24, 2.45) is 0 Å². The molecule has 0 amide bonds. The first-order chi connectivity index (χ1) is 9.72. The minimum Gasteiger partial charge on any atom is -0.490 e. The molecule has 1 aromatic carbocycles. The van der Waals surface area contributed by atoms with Crippen LogP contribution in [0, 0.1) is 0 Å². The van der Waals surface area contributed by atoms with E-state index < -0.39 is 6.10 Å².